The number of esters is 1. The molecule has 0 aliphatic heterocycles. The zero-order valence-corrected chi connectivity index (χ0v) is 18.0. The molecule has 0 radical (unpaired) electrons. The average Bonchev–Trinajstić information content (AvgIpc) is 3.25. The topological polar surface area (TPSA) is 104 Å². The molecule has 0 aliphatic rings. The number of thiophene rings is 1. The minimum Gasteiger partial charge on any atom is -0.465 e. The maximum absolute atomic E-state index is 12.5. The summed E-state index contributed by atoms with van der Waals surface area (Å²) in [6, 6.07) is 7.59. The molecule has 3 rings (SSSR count). The predicted octanol–water partition coefficient (Wildman–Crippen LogP) is 3.15. The van der Waals surface area contributed by atoms with Gasteiger partial charge in [0.15, 0.2) is 5.16 Å². The number of imidazole rings is 1. The van der Waals surface area contributed by atoms with Gasteiger partial charge in [0.1, 0.15) is 5.00 Å². The number of hydrogen-bond donors (Lipinski definition) is 2. The molecule has 0 fully saturated rings. The van der Waals surface area contributed by atoms with Crippen molar-refractivity contribution < 1.29 is 19.1 Å². The van der Waals surface area contributed by atoms with Crippen LogP contribution in [0.3, 0.4) is 0 Å². The van der Waals surface area contributed by atoms with Crippen LogP contribution in [-0.2, 0) is 9.53 Å². The van der Waals surface area contributed by atoms with Crippen molar-refractivity contribution in [2.24, 2.45) is 0 Å². The molecule has 0 saturated carbocycles. The quantitative estimate of drug-likeness (QED) is 0.458. The average molecular weight is 433 g/mol. The van der Waals surface area contributed by atoms with E-state index in [9.17, 15) is 14.4 Å². The molecule has 0 saturated heterocycles. The number of ether oxygens (including phenoxy) is 1. The number of benzene rings is 1. The van der Waals surface area contributed by atoms with Gasteiger partial charge in [-0.25, -0.2) is 9.78 Å². The lowest BCUT2D eigenvalue weighted by atomic mass is 10.1. The van der Waals surface area contributed by atoms with Crippen LogP contribution >= 0.6 is 23.1 Å². The molecule has 29 heavy (non-hydrogen) atoms. The van der Waals surface area contributed by atoms with Crippen molar-refractivity contribution in [3.05, 3.63) is 40.3 Å². The fourth-order valence-electron chi connectivity index (χ4n) is 2.65. The first-order valence-corrected chi connectivity index (χ1v) is 10.4. The Bertz CT molecular complexity index is 1050. The lowest BCUT2D eigenvalue weighted by molar-refractivity contribution is -0.113. The SMILES string of the molecule is COC(=O)c1c(NC(=O)CSc2nc3ccccc3[nH]2)sc(C(=O)N(C)C)c1C. The first-order chi connectivity index (χ1) is 13.8. The van der Waals surface area contributed by atoms with Gasteiger partial charge in [0.05, 0.1) is 34.3 Å². The maximum Gasteiger partial charge on any atom is 0.341 e. The van der Waals surface area contributed by atoms with Crippen molar-refractivity contribution in [3.63, 3.8) is 0 Å². The van der Waals surface area contributed by atoms with Gasteiger partial charge in [-0.15, -0.1) is 11.3 Å². The Morgan fingerprint density at radius 3 is 2.66 bits per heavy atom. The predicted molar refractivity (Wildman–Crippen MR) is 114 cm³/mol. The Morgan fingerprint density at radius 2 is 2.00 bits per heavy atom. The number of para-hydroxylation sites is 2. The molecule has 0 bridgehead atoms. The zero-order chi connectivity index (χ0) is 21.1. The number of H-pyrrole nitrogens is 1. The van der Waals surface area contributed by atoms with Crippen molar-refractivity contribution in [2.75, 3.05) is 32.3 Å². The lowest BCUT2D eigenvalue weighted by Crippen LogP contribution is -2.21. The second kappa shape index (κ2) is 8.66. The van der Waals surface area contributed by atoms with Gasteiger partial charge in [0, 0.05) is 14.1 Å². The number of methoxy groups -OCH3 is 1. The summed E-state index contributed by atoms with van der Waals surface area (Å²) in [7, 11) is 4.51. The summed E-state index contributed by atoms with van der Waals surface area (Å²) in [5.74, 6) is -1.06. The summed E-state index contributed by atoms with van der Waals surface area (Å²) in [6.45, 7) is 1.66. The van der Waals surface area contributed by atoms with Crippen LogP contribution in [0.1, 0.15) is 25.6 Å². The van der Waals surface area contributed by atoms with Crippen LogP contribution < -0.4 is 5.32 Å². The van der Waals surface area contributed by atoms with Gasteiger partial charge in [-0.2, -0.15) is 0 Å². The molecule has 2 amide bonds. The van der Waals surface area contributed by atoms with Gasteiger partial charge in [0.25, 0.3) is 5.91 Å². The summed E-state index contributed by atoms with van der Waals surface area (Å²) >= 11 is 2.31. The molecule has 2 aromatic heterocycles. The monoisotopic (exact) mass is 432 g/mol. The zero-order valence-electron chi connectivity index (χ0n) is 16.4. The number of carbonyl (C=O) groups excluding carboxylic acids is 3. The van der Waals surface area contributed by atoms with Gasteiger partial charge in [-0.3, -0.25) is 9.59 Å². The standard InChI is InChI=1S/C19H20N4O4S2/c1-10-14(18(26)27-4)16(29-15(10)17(25)23(2)3)22-13(24)9-28-19-20-11-7-5-6-8-12(11)21-19/h5-8H,9H2,1-4H3,(H,20,21)(H,22,24). The Balaban J connectivity index is 1.77. The molecule has 3 aromatic rings. The van der Waals surface area contributed by atoms with E-state index in [1.54, 1.807) is 21.0 Å². The van der Waals surface area contributed by atoms with Crippen molar-refractivity contribution in [1.82, 2.24) is 14.9 Å². The number of fused-ring (bicyclic) bond motifs is 1. The van der Waals surface area contributed by atoms with Gasteiger partial charge in [-0.05, 0) is 24.6 Å². The van der Waals surface area contributed by atoms with Crippen molar-refractivity contribution in [3.8, 4) is 0 Å². The van der Waals surface area contributed by atoms with E-state index in [1.807, 2.05) is 24.3 Å². The number of thioether (sulfide) groups is 1. The lowest BCUT2D eigenvalue weighted by Gasteiger charge is -2.08. The van der Waals surface area contributed by atoms with Crippen LogP contribution in [0.25, 0.3) is 11.0 Å². The summed E-state index contributed by atoms with van der Waals surface area (Å²) < 4.78 is 4.83. The second-order valence-corrected chi connectivity index (χ2v) is 8.33. The molecule has 10 heteroatoms. The Kier molecular flexibility index (Phi) is 6.23. The van der Waals surface area contributed by atoms with E-state index in [1.165, 1.54) is 23.8 Å². The number of amides is 2. The van der Waals surface area contributed by atoms with E-state index in [0.29, 0.717) is 20.6 Å². The van der Waals surface area contributed by atoms with Crippen LogP contribution in [0.2, 0.25) is 0 Å². The number of anilines is 1. The minimum atomic E-state index is -0.600. The Morgan fingerprint density at radius 1 is 1.28 bits per heavy atom. The smallest absolute Gasteiger partial charge is 0.341 e. The molecule has 152 valence electrons. The highest BCUT2D eigenvalue weighted by Crippen LogP contribution is 2.34. The largest absolute Gasteiger partial charge is 0.465 e. The second-order valence-electron chi connectivity index (χ2n) is 6.35. The highest BCUT2D eigenvalue weighted by molar-refractivity contribution is 7.99. The van der Waals surface area contributed by atoms with Gasteiger partial charge in [-0.1, -0.05) is 23.9 Å². The molecule has 1 aromatic carbocycles. The Hall–Kier alpha value is -2.85. The number of nitrogens with one attached hydrogen (secondary N) is 2. The third-order valence-electron chi connectivity index (χ3n) is 4.10. The van der Waals surface area contributed by atoms with Gasteiger partial charge >= 0.3 is 5.97 Å². The molecule has 8 nitrogen and oxygen atoms in total. The first-order valence-electron chi connectivity index (χ1n) is 8.62. The molecule has 2 heterocycles. The van der Waals surface area contributed by atoms with Crippen LogP contribution in [-0.4, -0.2) is 59.6 Å². The molecular formula is C19H20N4O4S2. The van der Waals surface area contributed by atoms with E-state index < -0.39 is 5.97 Å². The van der Waals surface area contributed by atoms with Crippen LogP contribution in [0.15, 0.2) is 29.4 Å². The number of rotatable bonds is 6. The maximum atomic E-state index is 12.5. The van der Waals surface area contributed by atoms with Crippen molar-refractivity contribution in [1.29, 1.82) is 0 Å². The summed E-state index contributed by atoms with van der Waals surface area (Å²) in [5, 5.41) is 3.66. The van der Waals surface area contributed by atoms with E-state index >= 15 is 0 Å². The number of aromatic nitrogens is 2. The first kappa shape index (κ1) is 20.9. The number of hydrogen-bond acceptors (Lipinski definition) is 7. The van der Waals surface area contributed by atoms with Crippen molar-refractivity contribution in [2.45, 2.75) is 12.1 Å². The Labute approximate surface area is 175 Å². The summed E-state index contributed by atoms with van der Waals surface area (Å²) in [4.78, 5) is 46.4. The van der Waals surface area contributed by atoms with Gasteiger partial charge < -0.3 is 19.9 Å². The highest BCUT2D eigenvalue weighted by Gasteiger charge is 2.27. The number of carbonyl (C=O) groups is 3. The van der Waals surface area contributed by atoms with Crippen LogP contribution in [0, 0.1) is 6.92 Å². The number of aromatic amines is 1. The normalized spacial score (nSPS) is 10.8. The van der Waals surface area contributed by atoms with Crippen LogP contribution in [0.4, 0.5) is 5.00 Å². The van der Waals surface area contributed by atoms with Crippen LogP contribution in [0.5, 0.6) is 0 Å². The third kappa shape index (κ3) is 4.43. The fourth-order valence-corrected chi connectivity index (χ4v) is 4.57. The highest BCUT2D eigenvalue weighted by atomic mass is 32.2. The van der Waals surface area contributed by atoms with E-state index in [4.69, 9.17) is 4.74 Å². The summed E-state index contributed by atoms with van der Waals surface area (Å²) in [5.41, 5.74) is 2.40. The molecular weight excluding hydrogens is 412 g/mol. The summed E-state index contributed by atoms with van der Waals surface area (Å²) in [6.07, 6.45) is 0. The van der Waals surface area contributed by atoms with E-state index in [2.05, 4.69) is 15.3 Å². The molecule has 0 aliphatic carbocycles. The molecule has 0 atom stereocenters. The fraction of sp³-hybridized carbons (Fsp3) is 0.263. The number of nitrogens with zero attached hydrogens (tertiary/aromatic N) is 2. The van der Waals surface area contributed by atoms with Gasteiger partial charge in [0.2, 0.25) is 5.91 Å². The van der Waals surface area contributed by atoms with E-state index in [-0.39, 0.29) is 23.1 Å². The third-order valence-corrected chi connectivity index (χ3v) is 6.17. The minimum absolute atomic E-state index is 0.0916. The van der Waals surface area contributed by atoms with Crippen molar-refractivity contribution >= 4 is 56.9 Å². The molecule has 2 N–H and O–H groups in total. The molecule has 0 spiro atoms. The molecule has 0 unspecified atom stereocenters. The van der Waals surface area contributed by atoms with E-state index in [0.717, 1.165) is 22.4 Å².